The smallest absolute Gasteiger partial charge is 0.326 e. The lowest BCUT2D eigenvalue weighted by molar-refractivity contribution is 0.253. The molecule has 0 saturated heterocycles. The number of carbonyl (C=O) groups excluding carboxylic acids is 1. The van der Waals surface area contributed by atoms with E-state index in [-0.39, 0.29) is 0 Å². The lowest BCUT2D eigenvalue weighted by Crippen LogP contribution is -2.29. The van der Waals surface area contributed by atoms with E-state index in [1.165, 1.54) is 0 Å². The molecule has 2 aromatic carbocycles. The van der Waals surface area contributed by atoms with Crippen molar-refractivity contribution in [1.29, 1.82) is 0 Å². The molecular weight excluding hydrogens is 280 g/mol. The first-order valence-electron chi connectivity index (χ1n) is 6.90. The fourth-order valence-corrected chi connectivity index (χ4v) is 2.32. The van der Waals surface area contributed by atoms with E-state index in [1.54, 1.807) is 24.3 Å². The predicted octanol–water partition coefficient (Wildman–Crippen LogP) is 2.18. The number of hydrogen-bond donors (Lipinski definition) is 3. The molecule has 0 unspecified atom stereocenters. The minimum Gasteiger partial charge on any atom is -0.326 e. The van der Waals surface area contributed by atoms with Crippen molar-refractivity contribution in [2.75, 3.05) is 5.32 Å². The summed E-state index contributed by atoms with van der Waals surface area (Å²) in [5.41, 5.74) is 8.81. The summed E-state index contributed by atoms with van der Waals surface area (Å²) in [6.07, 6.45) is 0. The van der Waals surface area contributed by atoms with Crippen LogP contribution < -0.4 is 16.7 Å². The quantitative estimate of drug-likeness (QED) is 0.676. The molecule has 3 rings (SSSR count). The topological polar surface area (TPSA) is 92.9 Å². The van der Waals surface area contributed by atoms with Crippen LogP contribution in [0.15, 0.2) is 47.3 Å². The average Bonchev–Trinajstić information content (AvgIpc) is 2.83. The van der Waals surface area contributed by atoms with Crippen LogP contribution in [0.3, 0.4) is 0 Å². The summed E-state index contributed by atoms with van der Waals surface area (Å²) in [6, 6.07) is 12.1. The maximum atomic E-state index is 12.4. The Bertz CT molecular complexity index is 891. The van der Waals surface area contributed by atoms with Crippen LogP contribution >= 0.6 is 0 Å². The highest BCUT2D eigenvalue weighted by molar-refractivity contribution is 5.97. The van der Waals surface area contributed by atoms with Crippen LogP contribution in [0.4, 0.5) is 10.5 Å². The molecular formula is C16H16N4O2. The monoisotopic (exact) mass is 296 g/mol. The Morgan fingerprint density at radius 2 is 1.95 bits per heavy atom. The van der Waals surface area contributed by atoms with E-state index < -0.39 is 11.7 Å². The SMILES string of the molecule is Cc1ccc2[nH]c(=O)n(C(=O)Nc3ccc(CN)cc3)c2c1. The summed E-state index contributed by atoms with van der Waals surface area (Å²) in [5.74, 6) is 0. The fraction of sp³-hybridized carbons (Fsp3) is 0.125. The second-order valence-corrected chi connectivity index (χ2v) is 5.12. The molecule has 3 aromatic rings. The standard InChI is InChI=1S/C16H16N4O2/c1-10-2-7-13-14(8-10)20(16(22)19-13)15(21)18-12-5-3-11(9-17)4-6-12/h2-8H,9,17H2,1H3,(H,18,21)(H,19,22). The number of H-pyrrole nitrogens is 1. The molecule has 0 aliphatic carbocycles. The number of carbonyl (C=O) groups is 1. The molecule has 0 atom stereocenters. The zero-order chi connectivity index (χ0) is 15.7. The number of nitrogens with zero attached hydrogens (tertiary/aromatic N) is 1. The van der Waals surface area contributed by atoms with Gasteiger partial charge in [-0.2, -0.15) is 0 Å². The molecule has 0 spiro atoms. The minimum atomic E-state index is -0.498. The Kier molecular flexibility index (Phi) is 3.52. The van der Waals surface area contributed by atoms with Gasteiger partial charge in [0.15, 0.2) is 0 Å². The number of anilines is 1. The number of aromatic nitrogens is 2. The van der Waals surface area contributed by atoms with Crippen molar-refractivity contribution in [3.05, 3.63) is 64.1 Å². The Hall–Kier alpha value is -2.86. The number of nitrogens with two attached hydrogens (primary N) is 1. The summed E-state index contributed by atoms with van der Waals surface area (Å²) in [4.78, 5) is 27.1. The Balaban J connectivity index is 1.96. The molecule has 22 heavy (non-hydrogen) atoms. The molecule has 1 aromatic heterocycles. The van der Waals surface area contributed by atoms with Gasteiger partial charge < -0.3 is 16.0 Å². The Morgan fingerprint density at radius 3 is 2.64 bits per heavy atom. The number of benzene rings is 2. The van der Waals surface area contributed by atoms with Crippen molar-refractivity contribution in [3.63, 3.8) is 0 Å². The molecule has 4 N–H and O–H groups in total. The maximum absolute atomic E-state index is 12.4. The number of amides is 1. The van der Waals surface area contributed by atoms with E-state index in [9.17, 15) is 9.59 Å². The van der Waals surface area contributed by atoms with Gasteiger partial charge in [0.25, 0.3) is 0 Å². The first-order chi connectivity index (χ1) is 10.6. The molecule has 1 heterocycles. The molecule has 6 nitrogen and oxygen atoms in total. The molecule has 0 bridgehead atoms. The number of nitrogens with one attached hydrogen (secondary N) is 2. The zero-order valence-corrected chi connectivity index (χ0v) is 12.1. The summed E-state index contributed by atoms with van der Waals surface area (Å²) in [5, 5.41) is 2.71. The van der Waals surface area contributed by atoms with Gasteiger partial charge in [0.05, 0.1) is 11.0 Å². The van der Waals surface area contributed by atoms with Crippen molar-refractivity contribution in [3.8, 4) is 0 Å². The van der Waals surface area contributed by atoms with E-state index >= 15 is 0 Å². The Labute approximate surface area is 126 Å². The van der Waals surface area contributed by atoms with Crippen molar-refractivity contribution in [2.45, 2.75) is 13.5 Å². The third kappa shape index (κ3) is 2.51. The van der Waals surface area contributed by atoms with Crippen LogP contribution in [0.5, 0.6) is 0 Å². The average molecular weight is 296 g/mol. The number of hydrogen-bond acceptors (Lipinski definition) is 3. The van der Waals surface area contributed by atoms with Gasteiger partial charge in [-0.3, -0.25) is 0 Å². The molecule has 1 amide bonds. The van der Waals surface area contributed by atoms with E-state index in [1.807, 2.05) is 25.1 Å². The lowest BCUT2D eigenvalue weighted by atomic mass is 10.2. The van der Waals surface area contributed by atoms with Crippen LogP contribution in [0.25, 0.3) is 11.0 Å². The normalized spacial score (nSPS) is 10.8. The van der Waals surface area contributed by atoms with E-state index in [0.717, 1.165) is 15.7 Å². The lowest BCUT2D eigenvalue weighted by Gasteiger charge is -2.07. The number of rotatable bonds is 2. The molecule has 0 aliphatic heterocycles. The highest BCUT2D eigenvalue weighted by Crippen LogP contribution is 2.14. The highest BCUT2D eigenvalue weighted by Gasteiger charge is 2.14. The van der Waals surface area contributed by atoms with Gasteiger partial charge >= 0.3 is 11.7 Å². The number of aromatic amines is 1. The minimum absolute atomic E-state index is 0.440. The largest absolute Gasteiger partial charge is 0.334 e. The fourth-order valence-electron chi connectivity index (χ4n) is 2.32. The second kappa shape index (κ2) is 5.50. The number of imidazole rings is 1. The van der Waals surface area contributed by atoms with Crippen LogP contribution in [0, 0.1) is 6.92 Å². The first kappa shape index (κ1) is 14.1. The van der Waals surface area contributed by atoms with Gasteiger partial charge in [-0.25, -0.2) is 14.2 Å². The zero-order valence-electron chi connectivity index (χ0n) is 12.1. The Morgan fingerprint density at radius 1 is 1.23 bits per heavy atom. The molecule has 6 heteroatoms. The van der Waals surface area contributed by atoms with E-state index in [2.05, 4.69) is 10.3 Å². The van der Waals surface area contributed by atoms with Crippen LogP contribution in [0.2, 0.25) is 0 Å². The number of aryl methyl sites for hydroxylation is 1. The van der Waals surface area contributed by atoms with Gasteiger partial charge in [0.2, 0.25) is 0 Å². The second-order valence-electron chi connectivity index (χ2n) is 5.12. The third-order valence-electron chi connectivity index (χ3n) is 3.48. The first-order valence-corrected chi connectivity index (χ1v) is 6.90. The van der Waals surface area contributed by atoms with Gasteiger partial charge in [-0.1, -0.05) is 18.2 Å². The van der Waals surface area contributed by atoms with E-state index in [0.29, 0.717) is 23.3 Å². The predicted molar refractivity (Wildman–Crippen MR) is 86.0 cm³/mol. The van der Waals surface area contributed by atoms with Crippen molar-refractivity contribution in [1.82, 2.24) is 9.55 Å². The molecule has 0 saturated carbocycles. The van der Waals surface area contributed by atoms with Gasteiger partial charge in [0.1, 0.15) is 0 Å². The molecule has 0 aliphatic rings. The maximum Gasteiger partial charge on any atom is 0.334 e. The third-order valence-corrected chi connectivity index (χ3v) is 3.48. The highest BCUT2D eigenvalue weighted by atomic mass is 16.2. The van der Waals surface area contributed by atoms with E-state index in [4.69, 9.17) is 5.73 Å². The van der Waals surface area contributed by atoms with Crippen LogP contribution in [0.1, 0.15) is 11.1 Å². The van der Waals surface area contributed by atoms with Crippen LogP contribution in [-0.4, -0.2) is 15.6 Å². The van der Waals surface area contributed by atoms with Crippen molar-refractivity contribution in [2.24, 2.45) is 5.73 Å². The summed E-state index contributed by atoms with van der Waals surface area (Å²) >= 11 is 0. The molecule has 0 fully saturated rings. The van der Waals surface area contributed by atoms with Gasteiger partial charge in [-0.15, -0.1) is 0 Å². The summed E-state index contributed by atoms with van der Waals surface area (Å²) in [6.45, 7) is 2.35. The summed E-state index contributed by atoms with van der Waals surface area (Å²) in [7, 11) is 0. The molecule has 0 radical (unpaired) electrons. The van der Waals surface area contributed by atoms with Gasteiger partial charge in [0, 0.05) is 12.2 Å². The van der Waals surface area contributed by atoms with Crippen LogP contribution in [-0.2, 0) is 6.54 Å². The number of fused-ring (bicyclic) bond motifs is 1. The van der Waals surface area contributed by atoms with Gasteiger partial charge in [-0.05, 0) is 42.3 Å². The summed E-state index contributed by atoms with van der Waals surface area (Å²) < 4.78 is 1.10. The van der Waals surface area contributed by atoms with Crippen molar-refractivity contribution >= 4 is 22.8 Å². The molecule has 112 valence electrons. The van der Waals surface area contributed by atoms with Crippen molar-refractivity contribution < 1.29 is 4.79 Å².